The summed E-state index contributed by atoms with van der Waals surface area (Å²) >= 11 is 6.16. The summed E-state index contributed by atoms with van der Waals surface area (Å²) in [5, 5.41) is 2.98. The Hall–Kier alpha value is -2.65. The van der Waals surface area contributed by atoms with Gasteiger partial charge < -0.3 is 10.2 Å². The van der Waals surface area contributed by atoms with Crippen molar-refractivity contribution in [1.82, 2.24) is 10.2 Å². The molecule has 0 bridgehead atoms. The molecule has 0 saturated carbocycles. The first kappa shape index (κ1) is 26.6. The number of carbonyl (C=O) groups is 2. The molecule has 0 aromatic heterocycles. The zero-order chi connectivity index (χ0) is 24.8. The van der Waals surface area contributed by atoms with E-state index in [1.54, 1.807) is 44.2 Å². The second-order valence-electron chi connectivity index (χ2n) is 7.76. The van der Waals surface area contributed by atoms with Gasteiger partial charge in [-0.2, -0.15) is 0 Å². The van der Waals surface area contributed by atoms with E-state index in [0.717, 1.165) is 6.26 Å². The Morgan fingerprint density at radius 2 is 1.79 bits per heavy atom. The molecular weight excluding hydrogens is 469 g/mol. The predicted molar refractivity (Wildman–Crippen MR) is 128 cm³/mol. The minimum atomic E-state index is -3.61. The molecule has 0 aliphatic heterocycles. The van der Waals surface area contributed by atoms with Gasteiger partial charge in [-0.25, -0.2) is 12.8 Å². The number of anilines is 1. The molecule has 0 heterocycles. The van der Waals surface area contributed by atoms with Crippen LogP contribution in [0.2, 0.25) is 5.02 Å². The fraction of sp³-hybridized carbons (Fsp3) is 0.391. The monoisotopic (exact) mass is 497 g/mol. The molecule has 1 N–H and O–H groups in total. The lowest BCUT2D eigenvalue weighted by molar-refractivity contribution is -0.140. The number of hydrogen-bond donors (Lipinski definition) is 1. The Kier molecular flexibility index (Phi) is 9.25. The average molecular weight is 498 g/mol. The normalized spacial score (nSPS) is 12.2. The highest BCUT2D eigenvalue weighted by molar-refractivity contribution is 7.92. The van der Waals surface area contributed by atoms with Gasteiger partial charge >= 0.3 is 0 Å². The summed E-state index contributed by atoms with van der Waals surface area (Å²) in [6.07, 6.45) is 1.36. The van der Waals surface area contributed by atoms with E-state index in [1.807, 2.05) is 0 Å². The third kappa shape index (κ3) is 7.17. The second kappa shape index (κ2) is 11.5. The van der Waals surface area contributed by atoms with E-state index < -0.39 is 21.9 Å². The molecule has 0 radical (unpaired) electrons. The van der Waals surface area contributed by atoms with Gasteiger partial charge in [-0.3, -0.25) is 13.9 Å². The highest BCUT2D eigenvalue weighted by Gasteiger charge is 2.26. The molecular formula is C23H29ClFN3O4S. The number of benzene rings is 2. The molecule has 1 atom stereocenters. The van der Waals surface area contributed by atoms with Crippen LogP contribution in [0, 0.1) is 12.7 Å². The standard InChI is InChI=1S/C23H29ClFN3O4S/c1-16-20(24)7-5-8-21(16)28(33(4,31)32)14-6-9-22(29)27(17(2)23(30)26-3)15-18-10-12-19(25)13-11-18/h5,7-8,10-13,17H,6,9,14-15H2,1-4H3,(H,26,30)/t17-/m1/s1. The zero-order valence-electron chi connectivity index (χ0n) is 19.1. The van der Waals surface area contributed by atoms with Crippen LogP contribution in [0.3, 0.4) is 0 Å². The van der Waals surface area contributed by atoms with Gasteiger partial charge in [0.25, 0.3) is 0 Å². The molecule has 33 heavy (non-hydrogen) atoms. The quantitative estimate of drug-likeness (QED) is 0.544. The van der Waals surface area contributed by atoms with Crippen LogP contribution in [0.25, 0.3) is 0 Å². The molecule has 0 spiro atoms. The summed E-state index contributed by atoms with van der Waals surface area (Å²) < 4.78 is 39.3. The predicted octanol–water partition coefficient (Wildman–Crippen LogP) is 3.50. The maximum Gasteiger partial charge on any atom is 0.242 e. The SMILES string of the molecule is CNC(=O)[C@@H](C)N(Cc1ccc(F)cc1)C(=O)CCCN(c1cccc(Cl)c1C)S(C)(=O)=O. The lowest BCUT2D eigenvalue weighted by atomic mass is 10.1. The van der Waals surface area contributed by atoms with Crippen LogP contribution in [0.15, 0.2) is 42.5 Å². The highest BCUT2D eigenvalue weighted by atomic mass is 35.5. The summed E-state index contributed by atoms with van der Waals surface area (Å²) in [6.45, 7) is 3.54. The number of hydrogen-bond acceptors (Lipinski definition) is 4. The Labute approximate surface area is 199 Å². The van der Waals surface area contributed by atoms with E-state index >= 15 is 0 Å². The number of likely N-dealkylation sites (N-methyl/N-ethyl adjacent to an activating group) is 1. The topological polar surface area (TPSA) is 86.8 Å². The molecule has 2 amide bonds. The van der Waals surface area contributed by atoms with Gasteiger partial charge in [0.1, 0.15) is 11.9 Å². The molecule has 0 fully saturated rings. The first-order valence-electron chi connectivity index (χ1n) is 10.4. The van der Waals surface area contributed by atoms with Crippen molar-refractivity contribution < 1.29 is 22.4 Å². The Morgan fingerprint density at radius 3 is 2.36 bits per heavy atom. The van der Waals surface area contributed by atoms with Crippen LogP contribution in [0.4, 0.5) is 10.1 Å². The highest BCUT2D eigenvalue weighted by Crippen LogP contribution is 2.28. The van der Waals surface area contributed by atoms with Crippen molar-refractivity contribution in [2.75, 3.05) is 24.2 Å². The molecule has 0 unspecified atom stereocenters. The molecule has 2 rings (SSSR count). The van der Waals surface area contributed by atoms with Crippen LogP contribution >= 0.6 is 11.6 Å². The van der Waals surface area contributed by atoms with Crippen molar-refractivity contribution in [2.24, 2.45) is 0 Å². The summed E-state index contributed by atoms with van der Waals surface area (Å²) in [4.78, 5) is 26.7. The van der Waals surface area contributed by atoms with Crippen LogP contribution in [-0.2, 0) is 26.2 Å². The van der Waals surface area contributed by atoms with Gasteiger partial charge in [-0.05, 0) is 55.7 Å². The van der Waals surface area contributed by atoms with Crippen LogP contribution in [0.1, 0.15) is 30.9 Å². The minimum Gasteiger partial charge on any atom is -0.357 e. The maximum atomic E-state index is 13.2. The van der Waals surface area contributed by atoms with E-state index in [-0.39, 0.29) is 37.7 Å². The van der Waals surface area contributed by atoms with Gasteiger partial charge in [0.2, 0.25) is 21.8 Å². The van der Waals surface area contributed by atoms with Gasteiger partial charge in [0.15, 0.2) is 0 Å². The van der Waals surface area contributed by atoms with E-state index in [9.17, 15) is 22.4 Å². The minimum absolute atomic E-state index is 0.0220. The maximum absolute atomic E-state index is 13.2. The van der Waals surface area contributed by atoms with Crippen LogP contribution in [0.5, 0.6) is 0 Å². The number of rotatable bonds is 10. The number of halogens is 2. The van der Waals surface area contributed by atoms with Gasteiger partial charge in [-0.1, -0.05) is 29.8 Å². The van der Waals surface area contributed by atoms with Gasteiger partial charge in [0, 0.05) is 31.6 Å². The molecule has 2 aromatic rings. The Bertz CT molecular complexity index is 1090. The first-order valence-corrected chi connectivity index (χ1v) is 12.7. The molecule has 0 aliphatic rings. The number of amides is 2. The molecule has 7 nitrogen and oxygen atoms in total. The van der Waals surface area contributed by atoms with Crippen molar-refractivity contribution in [2.45, 2.75) is 39.3 Å². The summed E-state index contributed by atoms with van der Waals surface area (Å²) in [5.41, 5.74) is 1.76. The number of nitrogens with zero attached hydrogens (tertiary/aromatic N) is 2. The Morgan fingerprint density at radius 1 is 1.15 bits per heavy atom. The lowest BCUT2D eigenvalue weighted by Crippen LogP contribution is -2.46. The summed E-state index contributed by atoms with van der Waals surface area (Å²) in [5.74, 6) is -1.04. The molecule has 2 aromatic carbocycles. The largest absolute Gasteiger partial charge is 0.357 e. The fourth-order valence-electron chi connectivity index (χ4n) is 3.43. The third-order valence-electron chi connectivity index (χ3n) is 5.34. The van der Waals surface area contributed by atoms with E-state index in [1.165, 1.54) is 28.4 Å². The van der Waals surface area contributed by atoms with Crippen LogP contribution < -0.4 is 9.62 Å². The first-order chi connectivity index (χ1) is 15.5. The van der Waals surface area contributed by atoms with E-state index in [4.69, 9.17) is 11.6 Å². The third-order valence-corrected chi connectivity index (χ3v) is 6.93. The van der Waals surface area contributed by atoms with Crippen molar-refractivity contribution >= 4 is 39.1 Å². The number of nitrogens with one attached hydrogen (secondary N) is 1. The summed E-state index contributed by atoms with van der Waals surface area (Å²) in [6, 6.07) is 9.95. The van der Waals surface area contributed by atoms with Crippen molar-refractivity contribution in [3.8, 4) is 0 Å². The van der Waals surface area contributed by atoms with E-state index in [2.05, 4.69) is 5.32 Å². The van der Waals surface area contributed by atoms with Gasteiger partial charge in [0.05, 0.1) is 11.9 Å². The smallest absolute Gasteiger partial charge is 0.242 e. The van der Waals surface area contributed by atoms with Crippen molar-refractivity contribution in [3.63, 3.8) is 0 Å². The second-order valence-corrected chi connectivity index (χ2v) is 10.1. The lowest BCUT2D eigenvalue weighted by Gasteiger charge is -2.29. The van der Waals surface area contributed by atoms with Crippen LogP contribution in [-0.4, -0.2) is 51.0 Å². The molecule has 10 heteroatoms. The fourth-order valence-corrected chi connectivity index (χ4v) is 4.61. The molecule has 0 saturated heterocycles. The van der Waals surface area contributed by atoms with E-state index in [0.29, 0.717) is 21.8 Å². The van der Waals surface area contributed by atoms with Crippen molar-refractivity contribution in [3.05, 3.63) is 64.4 Å². The average Bonchev–Trinajstić information content (AvgIpc) is 2.76. The number of sulfonamides is 1. The number of carbonyl (C=O) groups excluding carboxylic acids is 2. The molecule has 180 valence electrons. The zero-order valence-corrected chi connectivity index (χ0v) is 20.7. The Balaban J connectivity index is 2.17. The van der Waals surface area contributed by atoms with Crippen molar-refractivity contribution in [1.29, 1.82) is 0 Å². The summed E-state index contributed by atoms with van der Waals surface area (Å²) in [7, 11) is -2.13. The molecule has 0 aliphatic carbocycles. The van der Waals surface area contributed by atoms with Gasteiger partial charge in [-0.15, -0.1) is 0 Å².